The first-order valence-corrected chi connectivity index (χ1v) is 10.9. The number of aromatic nitrogens is 1. The molecule has 1 saturated carbocycles. The highest BCUT2D eigenvalue weighted by molar-refractivity contribution is 7.13. The van der Waals surface area contributed by atoms with Crippen molar-refractivity contribution in [2.45, 2.75) is 25.7 Å². The van der Waals surface area contributed by atoms with Gasteiger partial charge in [0.15, 0.2) is 0 Å². The predicted molar refractivity (Wildman–Crippen MR) is 107 cm³/mol. The zero-order valence-corrected chi connectivity index (χ0v) is 16.7. The summed E-state index contributed by atoms with van der Waals surface area (Å²) in [6.07, 6.45) is 7.72. The van der Waals surface area contributed by atoms with Crippen LogP contribution in [0.5, 0.6) is 0 Å². The lowest BCUT2D eigenvalue weighted by molar-refractivity contribution is -0.137. The standard InChI is InChI=1S/C20H26N4O3S/c25-18(17-14-28-19(22-17)16-5-12-27-13-16)21-6-7-23-8-10-24(11-9-23)20(26)15-3-1-2-4-15/h5,12-15H,1-4,6-11H2,(H,21,25). The van der Waals surface area contributed by atoms with Gasteiger partial charge in [0.05, 0.1) is 6.26 Å². The molecule has 2 aromatic heterocycles. The molecule has 2 aliphatic rings. The highest BCUT2D eigenvalue weighted by Gasteiger charge is 2.29. The van der Waals surface area contributed by atoms with E-state index in [1.807, 2.05) is 11.0 Å². The molecule has 7 nitrogen and oxygen atoms in total. The summed E-state index contributed by atoms with van der Waals surface area (Å²) in [6.45, 7) is 4.70. The maximum atomic E-state index is 12.5. The second-order valence-corrected chi connectivity index (χ2v) is 8.31. The van der Waals surface area contributed by atoms with Crippen molar-refractivity contribution >= 4 is 23.2 Å². The van der Waals surface area contributed by atoms with Crippen LogP contribution in [-0.2, 0) is 4.79 Å². The number of nitrogens with zero attached hydrogens (tertiary/aromatic N) is 3. The van der Waals surface area contributed by atoms with Crippen LogP contribution in [0.15, 0.2) is 28.4 Å². The maximum absolute atomic E-state index is 12.5. The van der Waals surface area contributed by atoms with E-state index < -0.39 is 0 Å². The number of hydrogen-bond acceptors (Lipinski definition) is 6. The lowest BCUT2D eigenvalue weighted by Crippen LogP contribution is -2.51. The summed E-state index contributed by atoms with van der Waals surface area (Å²) >= 11 is 1.43. The number of carbonyl (C=O) groups is 2. The van der Waals surface area contributed by atoms with Crippen molar-refractivity contribution in [3.05, 3.63) is 29.7 Å². The molecule has 3 heterocycles. The van der Waals surface area contributed by atoms with Gasteiger partial charge in [-0.1, -0.05) is 12.8 Å². The normalized spacial score (nSPS) is 18.5. The molecule has 0 unspecified atom stereocenters. The molecule has 1 N–H and O–H groups in total. The SMILES string of the molecule is O=C(NCCN1CCN(C(=O)C2CCCC2)CC1)c1csc(-c2ccoc2)n1. The highest BCUT2D eigenvalue weighted by Crippen LogP contribution is 2.27. The molecule has 2 amide bonds. The van der Waals surface area contributed by atoms with Gasteiger partial charge in [-0.05, 0) is 18.9 Å². The van der Waals surface area contributed by atoms with E-state index in [9.17, 15) is 9.59 Å². The summed E-state index contributed by atoms with van der Waals surface area (Å²) in [5.41, 5.74) is 1.32. The van der Waals surface area contributed by atoms with E-state index in [-0.39, 0.29) is 11.8 Å². The third-order valence-corrected chi connectivity index (χ3v) is 6.50. The largest absolute Gasteiger partial charge is 0.472 e. The van der Waals surface area contributed by atoms with Gasteiger partial charge in [0.1, 0.15) is 17.0 Å². The third-order valence-electron chi connectivity index (χ3n) is 5.61. The minimum atomic E-state index is -0.152. The maximum Gasteiger partial charge on any atom is 0.270 e. The molecular weight excluding hydrogens is 376 g/mol. The lowest BCUT2D eigenvalue weighted by atomic mass is 10.1. The van der Waals surface area contributed by atoms with Gasteiger partial charge in [-0.15, -0.1) is 11.3 Å². The number of amides is 2. The molecule has 0 bridgehead atoms. The van der Waals surface area contributed by atoms with E-state index in [1.165, 1.54) is 24.2 Å². The molecule has 8 heteroatoms. The van der Waals surface area contributed by atoms with Crippen LogP contribution in [-0.4, -0.2) is 65.9 Å². The summed E-state index contributed by atoms with van der Waals surface area (Å²) in [4.78, 5) is 33.5. The van der Waals surface area contributed by atoms with E-state index in [4.69, 9.17) is 4.42 Å². The van der Waals surface area contributed by atoms with E-state index in [0.717, 1.165) is 56.1 Å². The first-order valence-electron chi connectivity index (χ1n) is 9.98. The number of nitrogens with one attached hydrogen (secondary N) is 1. The molecule has 0 spiro atoms. The molecule has 1 saturated heterocycles. The quantitative estimate of drug-likeness (QED) is 0.803. The number of furan rings is 1. The second kappa shape index (κ2) is 8.87. The number of piperazine rings is 1. The Morgan fingerprint density at radius 3 is 2.71 bits per heavy atom. The Labute approximate surface area is 168 Å². The molecule has 4 rings (SSSR count). The fraction of sp³-hybridized carbons (Fsp3) is 0.550. The van der Waals surface area contributed by atoms with Crippen molar-refractivity contribution in [2.24, 2.45) is 5.92 Å². The van der Waals surface area contributed by atoms with Crippen LogP contribution >= 0.6 is 11.3 Å². The Morgan fingerprint density at radius 2 is 2.00 bits per heavy atom. The van der Waals surface area contributed by atoms with Crippen LogP contribution in [0.4, 0.5) is 0 Å². The number of hydrogen-bond donors (Lipinski definition) is 1. The van der Waals surface area contributed by atoms with Gasteiger partial charge in [-0.25, -0.2) is 4.98 Å². The van der Waals surface area contributed by atoms with E-state index in [1.54, 1.807) is 17.9 Å². The van der Waals surface area contributed by atoms with Gasteiger partial charge in [0.2, 0.25) is 5.91 Å². The molecule has 0 radical (unpaired) electrons. The van der Waals surface area contributed by atoms with Crippen molar-refractivity contribution in [1.82, 2.24) is 20.1 Å². The minimum Gasteiger partial charge on any atom is -0.472 e. The summed E-state index contributed by atoms with van der Waals surface area (Å²) in [5, 5.41) is 5.49. The monoisotopic (exact) mass is 402 g/mol. The molecule has 1 aliphatic heterocycles. The second-order valence-electron chi connectivity index (χ2n) is 7.45. The zero-order valence-electron chi connectivity index (χ0n) is 15.9. The topological polar surface area (TPSA) is 78.7 Å². The Balaban J connectivity index is 1.18. The molecule has 150 valence electrons. The van der Waals surface area contributed by atoms with Gasteiger partial charge < -0.3 is 14.6 Å². The third kappa shape index (κ3) is 4.44. The predicted octanol–water partition coefficient (Wildman–Crippen LogP) is 2.47. The molecular formula is C20H26N4O3S. The minimum absolute atomic E-state index is 0.152. The zero-order chi connectivity index (χ0) is 19.3. The smallest absolute Gasteiger partial charge is 0.270 e. The molecule has 0 atom stereocenters. The summed E-state index contributed by atoms with van der Waals surface area (Å²) in [6, 6.07) is 1.83. The van der Waals surface area contributed by atoms with Crippen molar-refractivity contribution < 1.29 is 14.0 Å². The molecule has 2 aromatic rings. The Bertz CT molecular complexity index is 790. The number of thiazole rings is 1. The summed E-state index contributed by atoms with van der Waals surface area (Å²) in [7, 11) is 0. The van der Waals surface area contributed by atoms with E-state index in [2.05, 4.69) is 15.2 Å². The van der Waals surface area contributed by atoms with Crippen molar-refractivity contribution in [3.8, 4) is 10.6 Å². The van der Waals surface area contributed by atoms with Gasteiger partial charge in [0, 0.05) is 56.1 Å². The van der Waals surface area contributed by atoms with Crippen LogP contribution in [0.2, 0.25) is 0 Å². The highest BCUT2D eigenvalue weighted by atomic mass is 32.1. The summed E-state index contributed by atoms with van der Waals surface area (Å²) in [5.74, 6) is 0.458. The van der Waals surface area contributed by atoms with Gasteiger partial charge in [-0.2, -0.15) is 0 Å². The fourth-order valence-electron chi connectivity index (χ4n) is 3.94. The molecule has 1 aliphatic carbocycles. The number of rotatable bonds is 6. The van der Waals surface area contributed by atoms with Gasteiger partial charge >= 0.3 is 0 Å². The Morgan fingerprint density at radius 1 is 1.21 bits per heavy atom. The first-order chi connectivity index (χ1) is 13.7. The van der Waals surface area contributed by atoms with Crippen LogP contribution in [0.3, 0.4) is 0 Å². The van der Waals surface area contributed by atoms with Crippen molar-refractivity contribution in [2.75, 3.05) is 39.3 Å². The van der Waals surface area contributed by atoms with E-state index >= 15 is 0 Å². The summed E-state index contributed by atoms with van der Waals surface area (Å²) < 4.78 is 5.06. The average Bonchev–Trinajstić information content (AvgIpc) is 3.50. The van der Waals surface area contributed by atoms with Gasteiger partial charge in [0.25, 0.3) is 5.91 Å². The average molecular weight is 403 g/mol. The Kier molecular flexibility index (Phi) is 6.07. The Hall–Kier alpha value is -2.19. The van der Waals surface area contributed by atoms with Crippen LogP contribution in [0.1, 0.15) is 36.2 Å². The van der Waals surface area contributed by atoms with Crippen LogP contribution in [0, 0.1) is 5.92 Å². The fourth-order valence-corrected chi connectivity index (χ4v) is 4.72. The first kappa shape index (κ1) is 19.1. The van der Waals surface area contributed by atoms with Crippen LogP contribution in [0.25, 0.3) is 10.6 Å². The van der Waals surface area contributed by atoms with Crippen LogP contribution < -0.4 is 5.32 Å². The van der Waals surface area contributed by atoms with Crippen molar-refractivity contribution in [3.63, 3.8) is 0 Å². The van der Waals surface area contributed by atoms with Gasteiger partial charge in [-0.3, -0.25) is 14.5 Å². The van der Waals surface area contributed by atoms with Crippen molar-refractivity contribution in [1.29, 1.82) is 0 Å². The van der Waals surface area contributed by atoms with E-state index in [0.29, 0.717) is 18.1 Å². The molecule has 2 fully saturated rings. The molecule has 0 aromatic carbocycles. The number of carbonyl (C=O) groups excluding carboxylic acids is 2. The lowest BCUT2D eigenvalue weighted by Gasteiger charge is -2.36. The molecule has 28 heavy (non-hydrogen) atoms.